The van der Waals surface area contributed by atoms with Gasteiger partial charge in [0.2, 0.25) is 0 Å². The average Bonchev–Trinajstić information content (AvgIpc) is 2.32. The van der Waals surface area contributed by atoms with Crippen LogP contribution in [0.15, 0.2) is 52.5 Å². The summed E-state index contributed by atoms with van der Waals surface area (Å²) in [6, 6.07) is 10.2. The van der Waals surface area contributed by atoms with Crippen molar-refractivity contribution in [3.63, 3.8) is 0 Å². The van der Waals surface area contributed by atoms with E-state index in [1.54, 1.807) is 18.3 Å². The van der Waals surface area contributed by atoms with Gasteiger partial charge in [0, 0.05) is 17.1 Å². The van der Waals surface area contributed by atoms with Crippen molar-refractivity contribution in [1.29, 1.82) is 0 Å². The van der Waals surface area contributed by atoms with E-state index in [9.17, 15) is 4.39 Å². The van der Waals surface area contributed by atoms with Gasteiger partial charge in [0.15, 0.2) is 0 Å². The van der Waals surface area contributed by atoms with Crippen LogP contribution >= 0.6 is 11.8 Å². The van der Waals surface area contributed by atoms with Crippen LogP contribution in [0.1, 0.15) is 18.5 Å². The van der Waals surface area contributed by atoms with Crippen LogP contribution in [0, 0.1) is 5.82 Å². The van der Waals surface area contributed by atoms with E-state index in [0.717, 1.165) is 15.5 Å². The van der Waals surface area contributed by atoms with Crippen molar-refractivity contribution in [2.45, 2.75) is 22.9 Å². The summed E-state index contributed by atoms with van der Waals surface area (Å²) in [5, 5.41) is 0.867. The smallest absolute Gasteiger partial charge is 0.123 e. The molecule has 0 radical (unpaired) electrons. The van der Waals surface area contributed by atoms with Crippen molar-refractivity contribution in [2.75, 3.05) is 0 Å². The summed E-state index contributed by atoms with van der Waals surface area (Å²) < 4.78 is 12.8. The quantitative estimate of drug-likeness (QED) is 0.905. The molecule has 4 heteroatoms. The van der Waals surface area contributed by atoms with Gasteiger partial charge in [0.25, 0.3) is 0 Å². The van der Waals surface area contributed by atoms with Crippen molar-refractivity contribution in [3.8, 4) is 0 Å². The molecule has 0 aliphatic rings. The van der Waals surface area contributed by atoms with Crippen LogP contribution in [-0.4, -0.2) is 4.98 Å². The van der Waals surface area contributed by atoms with Crippen LogP contribution in [0.2, 0.25) is 0 Å². The zero-order chi connectivity index (χ0) is 12.3. The summed E-state index contributed by atoms with van der Waals surface area (Å²) in [5.41, 5.74) is 6.86. The molecule has 1 heterocycles. The molecule has 1 aromatic heterocycles. The van der Waals surface area contributed by atoms with E-state index in [0.29, 0.717) is 0 Å². The molecule has 0 aliphatic heterocycles. The Bertz CT molecular complexity index is 497. The van der Waals surface area contributed by atoms with E-state index >= 15 is 0 Å². The molecule has 0 fully saturated rings. The molecule has 1 atom stereocenters. The Kier molecular flexibility index (Phi) is 3.76. The van der Waals surface area contributed by atoms with Gasteiger partial charge in [-0.05, 0) is 48.9 Å². The number of nitrogens with two attached hydrogens (primary N) is 1. The van der Waals surface area contributed by atoms with Crippen molar-refractivity contribution < 1.29 is 4.39 Å². The van der Waals surface area contributed by atoms with E-state index in [1.165, 1.54) is 23.9 Å². The van der Waals surface area contributed by atoms with Gasteiger partial charge in [0.1, 0.15) is 10.8 Å². The fourth-order valence-corrected chi connectivity index (χ4v) is 2.21. The molecule has 17 heavy (non-hydrogen) atoms. The summed E-state index contributed by atoms with van der Waals surface area (Å²) in [7, 11) is 0. The van der Waals surface area contributed by atoms with Crippen LogP contribution in [0.4, 0.5) is 4.39 Å². The van der Waals surface area contributed by atoms with Crippen molar-refractivity contribution in [1.82, 2.24) is 4.98 Å². The molecule has 1 aromatic carbocycles. The summed E-state index contributed by atoms with van der Waals surface area (Å²) >= 11 is 1.49. The lowest BCUT2D eigenvalue weighted by atomic mass is 10.1. The van der Waals surface area contributed by atoms with Gasteiger partial charge in [-0.3, -0.25) is 0 Å². The second-order valence-corrected chi connectivity index (χ2v) is 4.87. The minimum absolute atomic E-state index is 0.00873. The van der Waals surface area contributed by atoms with Crippen LogP contribution < -0.4 is 5.73 Å². The molecule has 2 rings (SSSR count). The second-order valence-electron chi connectivity index (χ2n) is 3.77. The fourth-order valence-electron chi connectivity index (χ4n) is 1.39. The molecular weight excluding hydrogens is 235 g/mol. The van der Waals surface area contributed by atoms with E-state index in [-0.39, 0.29) is 11.9 Å². The molecule has 0 amide bonds. The lowest BCUT2D eigenvalue weighted by molar-refractivity contribution is 0.626. The molecule has 0 saturated heterocycles. The molecule has 0 bridgehead atoms. The number of benzene rings is 1. The van der Waals surface area contributed by atoms with Gasteiger partial charge in [-0.1, -0.05) is 11.8 Å². The monoisotopic (exact) mass is 248 g/mol. The summed E-state index contributed by atoms with van der Waals surface area (Å²) in [6.45, 7) is 1.93. The van der Waals surface area contributed by atoms with Crippen molar-refractivity contribution in [3.05, 3.63) is 54.0 Å². The Hall–Kier alpha value is -1.39. The average molecular weight is 248 g/mol. The fraction of sp³-hybridized carbons (Fsp3) is 0.154. The highest BCUT2D eigenvalue weighted by Crippen LogP contribution is 2.27. The maximum atomic E-state index is 12.8. The number of nitrogens with zero attached hydrogens (tertiary/aromatic N) is 1. The highest BCUT2D eigenvalue weighted by atomic mass is 32.2. The third kappa shape index (κ3) is 3.28. The van der Waals surface area contributed by atoms with Gasteiger partial charge >= 0.3 is 0 Å². The molecule has 0 unspecified atom stereocenters. The summed E-state index contributed by atoms with van der Waals surface area (Å²) in [5.74, 6) is -0.230. The maximum Gasteiger partial charge on any atom is 0.123 e. The number of hydrogen-bond acceptors (Lipinski definition) is 3. The van der Waals surface area contributed by atoms with E-state index < -0.39 is 0 Å². The minimum atomic E-state index is -0.230. The summed E-state index contributed by atoms with van der Waals surface area (Å²) in [6.07, 6.45) is 1.74. The predicted molar refractivity (Wildman–Crippen MR) is 67.4 cm³/mol. The molecule has 2 aromatic rings. The van der Waals surface area contributed by atoms with E-state index in [1.807, 2.05) is 19.1 Å². The second kappa shape index (κ2) is 5.29. The number of hydrogen-bond donors (Lipinski definition) is 1. The van der Waals surface area contributed by atoms with Crippen LogP contribution in [0.25, 0.3) is 0 Å². The molecule has 0 saturated carbocycles. The standard InChI is InChI=1S/C13H13FN2S/c1-9(15)10-6-7-16-13(8-10)17-12-4-2-11(14)3-5-12/h2-9H,15H2,1H3/t9-/m0/s1. The van der Waals surface area contributed by atoms with Crippen LogP contribution in [-0.2, 0) is 0 Å². The zero-order valence-corrected chi connectivity index (χ0v) is 10.2. The van der Waals surface area contributed by atoms with Gasteiger partial charge in [-0.2, -0.15) is 0 Å². The molecule has 0 spiro atoms. The Morgan fingerprint density at radius 2 is 1.94 bits per heavy atom. The van der Waals surface area contributed by atoms with Gasteiger partial charge in [0.05, 0.1) is 0 Å². The third-order valence-corrected chi connectivity index (χ3v) is 3.26. The Morgan fingerprint density at radius 1 is 1.24 bits per heavy atom. The normalized spacial score (nSPS) is 12.4. The molecule has 88 valence electrons. The number of aromatic nitrogens is 1. The molecule has 0 aliphatic carbocycles. The Balaban J connectivity index is 2.18. The van der Waals surface area contributed by atoms with Gasteiger partial charge < -0.3 is 5.73 Å². The molecule has 2 N–H and O–H groups in total. The van der Waals surface area contributed by atoms with Gasteiger partial charge in [-0.15, -0.1) is 0 Å². The van der Waals surface area contributed by atoms with Crippen molar-refractivity contribution >= 4 is 11.8 Å². The lowest BCUT2D eigenvalue weighted by Gasteiger charge is -2.07. The SMILES string of the molecule is C[C@H](N)c1ccnc(Sc2ccc(F)cc2)c1. The highest BCUT2D eigenvalue weighted by Gasteiger charge is 2.03. The van der Waals surface area contributed by atoms with Crippen LogP contribution in [0.3, 0.4) is 0 Å². The number of pyridine rings is 1. The Morgan fingerprint density at radius 3 is 2.59 bits per heavy atom. The number of rotatable bonds is 3. The largest absolute Gasteiger partial charge is 0.324 e. The van der Waals surface area contributed by atoms with Crippen LogP contribution in [0.5, 0.6) is 0 Å². The maximum absolute atomic E-state index is 12.8. The Labute approximate surface area is 104 Å². The summed E-state index contributed by atoms with van der Waals surface area (Å²) in [4.78, 5) is 5.21. The van der Waals surface area contributed by atoms with Gasteiger partial charge in [-0.25, -0.2) is 9.37 Å². The molecular formula is C13H13FN2S. The van der Waals surface area contributed by atoms with Crippen molar-refractivity contribution in [2.24, 2.45) is 5.73 Å². The third-order valence-electron chi connectivity index (χ3n) is 2.32. The highest BCUT2D eigenvalue weighted by molar-refractivity contribution is 7.99. The number of halogens is 1. The first kappa shape index (κ1) is 12.1. The minimum Gasteiger partial charge on any atom is -0.324 e. The first-order valence-electron chi connectivity index (χ1n) is 5.30. The first-order chi connectivity index (χ1) is 8.15. The zero-order valence-electron chi connectivity index (χ0n) is 9.43. The topological polar surface area (TPSA) is 38.9 Å². The lowest BCUT2D eigenvalue weighted by Crippen LogP contribution is -2.04. The molecule has 2 nitrogen and oxygen atoms in total. The first-order valence-corrected chi connectivity index (χ1v) is 6.12. The predicted octanol–water partition coefficient (Wildman–Crippen LogP) is 3.39. The van der Waals surface area contributed by atoms with E-state index in [4.69, 9.17) is 5.73 Å². The van der Waals surface area contributed by atoms with E-state index in [2.05, 4.69) is 4.98 Å².